The summed E-state index contributed by atoms with van der Waals surface area (Å²) in [6, 6.07) is 19.1. The number of para-hydroxylation sites is 1. The quantitative estimate of drug-likeness (QED) is 0.517. The Bertz CT molecular complexity index is 854. The normalized spacial score (nSPS) is 15.1. The molecule has 0 aliphatic heterocycles. The van der Waals surface area contributed by atoms with Gasteiger partial charge in [0.05, 0.1) is 5.52 Å². The number of hydrogen-bond donors (Lipinski definition) is 1. The Morgan fingerprint density at radius 3 is 2.44 bits per heavy atom. The topological polar surface area (TPSA) is 37.8 Å². The van der Waals surface area contributed by atoms with Crippen molar-refractivity contribution in [3.8, 4) is 0 Å². The van der Waals surface area contributed by atoms with E-state index >= 15 is 0 Å². The van der Waals surface area contributed by atoms with Crippen molar-refractivity contribution in [2.24, 2.45) is 0 Å². The molecule has 1 heterocycles. The van der Waals surface area contributed by atoms with Gasteiger partial charge in [0, 0.05) is 17.8 Å². The van der Waals surface area contributed by atoms with Crippen LogP contribution < -0.4 is 5.32 Å². The van der Waals surface area contributed by atoms with Gasteiger partial charge >= 0.3 is 0 Å². The SMILES string of the molecule is c1ccc(CCCCNc2nc(C3CCCCC3)nc3ccccc23)cc1. The van der Waals surface area contributed by atoms with Crippen LogP contribution in [0, 0.1) is 0 Å². The minimum Gasteiger partial charge on any atom is -0.369 e. The first-order valence-corrected chi connectivity index (χ1v) is 10.4. The largest absolute Gasteiger partial charge is 0.369 e. The molecule has 1 saturated carbocycles. The fourth-order valence-corrected chi connectivity index (χ4v) is 4.08. The predicted molar refractivity (Wildman–Crippen MR) is 113 cm³/mol. The molecule has 3 heteroatoms. The molecule has 140 valence electrons. The number of aryl methyl sites for hydroxylation is 1. The Hall–Kier alpha value is -2.42. The third-order valence-electron chi connectivity index (χ3n) is 5.62. The molecule has 1 N–H and O–H groups in total. The summed E-state index contributed by atoms with van der Waals surface area (Å²) in [5, 5.41) is 4.74. The molecule has 0 saturated heterocycles. The van der Waals surface area contributed by atoms with Crippen molar-refractivity contribution < 1.29 is 0 Å². The molecule has 1 fully saturated rings. The minimum absolute atomic E-state index is 0.530. The third kappa shape index (κ3) is 4.65. The van der Waals surface area contributed by atoms with E-state index in [-0.39, 0.29) is 0 Å². The first-order chi connectivity index (χ1) is 13.4. The van der Waals surface area contributed by atoms with Gasteiger partial charge < -0.3 is 5.32 Å². The van der Waals surface area contributed by atoms with Crippen LogP contribution >= 0.6 is 0 Å². The second kappa shape index (κ2) is 8.98. The van der Waals surface area contributed by atoms with Gasteiger partial charge in [-0.15, -0.1) is 0 Å². The minimum atomic E-state index is 0.530. The summed E-state index contributed by atoms with van der Waals surface area (Å²) in [6.45, 7) is 0.956. The molecular formula is C24H29N3. The lowest BCUT2D eigenvalue weighted by molar-refractivity contribution is 0.430. The summed E-state index contributed by atoms with van der Waals surface area (Å²) >= 11 is 0. The maximum Gasteiger partial charge on any atom is 0.137 e. The summed E-state index contributed by atoms with van der Waals surface area (Å²) in [6.07, 6.45) is 9.91. The predicted octanol–water partition coefficient (Wildman–Crippen LogP) is 6.11. The Morgan fingerprint density at radius 1 is 0.815 bits per heavy atom. The van der Waals surface area contributed by atoms with E-state index in [9.17, 15) is 0 Å². The zero-order chi connectivity index (χ0) is 18.3. The van der Waals surface area contributed by atoms with Gasteiger partial charge in [-0.05, 0) is 49.8 Å². The number of aromatic nitrogens is 2. The molecule has 2 aromatic carbocycles. The molecule has 3 aromatic rings. The van der Waals surface area contributed by atoms with Crippen LogP contribution in [0.1, 0.15) is 62.3 Å². The van der Waals surface area contributed by atoms with Gasteiger partial charge in [-0.1, -0.05) is 61.7 Å². The lowest BCUT2D eigenvalue weighted by Crippen LogP contribution is -2.12. The van der Waals surface area contributed by atoms with E-state index in [0.29, 0.717) is 5.92 Å². The van der Waals surface area contributed by atoms with Crippen molar-refractivity contribution in [1.82, 2.24) is 9.97 Å². The smallest absolute Gasteiger partial charge is 0.137 e. The second-order valence-electron chi connectivity index (χ2n) is 7.65. The van der Waals surface area contributed by atoms with Crippen LogP contribution in [-0.2, 0) is 6.42 Å². The van der Waals surface area contributed by atoms with Gasteiger partial charge in [-0.3, -0.25) is 0 Å². The fourth-order valence-electron chi connectivity index (χ4n) is 4.08. The van der Waals surface area contributed by atoms with Crippen LogP contribution in [0.3, 0.4) is 0 Å². The number of anilines is 1. The standard InChI is InChI=1S/C24H29N3/c1-3-11-19(12-4-1)13-9-10-18-25-24-21-16-7-8-17-22(21)26-23(27-24)20-14-5-2-6-15-20/h1,3-4,7-8,11-12,16-17,20H,2,5-6,9-10,13-15,18H2,(H,25,26,27). The Balaban J connectivity index is 1.42. The van der Waals surface area contributed by atoms with Gasteiger partial charge in [0.1, 0.15) is 11.6 Å². The van der Waals surface area contributed by atoms with E-state index in [4.69, 9.17) is 9.97 Å². The summed E-state index contributed by atoms with van der Waals surface area (Å²) in [5.74, 6) is 2.59. The first-order valence-electron chi connectivity index (χ1n) is 10.4. The third-order valence-corrected chi connectivity index (χ3v) is 5.62. The van der Waals surface area contributed by atoms with Gasteiger partial charge in [0.2, 0.25) is 0 Å². The number of rotatable bonds is 7. The molecule has 0 bridgehead atoms. The van der Waals surface area contributed by atoms with E-state index in [2.05, 4.69) is 59.9 Å². The lowest BCUT2D eigenvalue weighted by Gasteiger charge is -2.21. The Morgan fingerprint density at radius 2 is 1.59 bits per heavy atom. The van der Waals surface area contributed by atoms with E-state index < -0.39 is 0 Å². The molecule has 0 atom stereocenters. The van der Waals surface area contributed by atoms with Crippen molar-refractivity contribution in [3.63, 3.8) is 0 Å². The summed E-state index contributed by atoms with van der Waals surface area (Å²) < 4.78 is 0. The maximum absolute atomic E-state index is 4.96. The van der Waals surface area contributed by atoms with Crippen LogP contribution in [0.2, 0.25) is 0 Å². The monoisotopic (exact) mass is 359 g/mol. The van der Waals surface area contributed by atoms with Crippen molar-refractivity contribution >= 4 is 16.7 Å². The maximum atomic E-state index is 4.96. The summed E-state index contributed by atoms with van der Waals surface area (Å²) in [7, 11) is 0. The molecule has 0 amide bonds. The average Bonchev–Trinajstić information content (AvgIpc) is 2.74. The second-order valence-corrected chi connectivity index (χ2v) is 7.65. The Labute approximate surface area is 162 Å². The Kier molecular flexibility index (Phi) is 5.98. The molecule has 4 rings (SSSR count). The molecule has 1 aliphatic carbocycles. The van der Waals surface area contributed by atoms with Crippen molar-refractivity contribution in [3.05, 3.63) is 66.0 Å². The van der Waals surface area contributed by atoms with Crippen molar-refractivity contribution in [1.29, 1.82) is 0 Å². The highest BCUT2D eigenvalue weighted by molar-refractivity contribution is 5.89. The zero-order valence-electron chi connectivity index (χ0n) is 16.0. The molecule has 0 unspecified atom stereocenters. The summed E-state index contributed by atoms with van der Waals surface area (Å²) in [5.41, 5.74) is 2.49. The van der Waals surface area contributed by atoms with E-state index in [0.717, 1.165) is 41.9 Å². The molecule has 27 heavy (non-hydrogen) atoms. The molecule has 0 radical (unpaired) electrons. The number of unbranched alkanes of at least 4 members (excludes halogenated alkanes) is 1. The van der Waals surface area contributed by atoms with Crippen LogP contribution in [0.4, 0.5) is 5.82 Å². The van der Waals surface area contributed by atoms with Crippen LogP contribution in [0.15, 0.2) is 54.6 Å². The zero-order valence-corrected chi connectivity index (χ0v) is 16.0. The molecule has 0 spiro atoms. The number of hydrogen-bond acceptors (Lipinski definition) is 3. The van der Waals surface area contributed by atoms with Gasteiger partial charge in [-0.25, -0.2) is 9.97 Å². The fraction of sp³-hybridized carbons (Fsp3) is 0.417. The number of benzene rings is 2. The number of nitrogens with one attached hydrogen (secondary N) is 1. The molecule has 1 aliphatic rings. The van der Waals surface area contributed by atoms with Gasteiger partial charge in [0.25, 0.3) is 0 Å². The molecule has 3 nitrogen and oxygen atoms in total. The van der Waals surface area contributed by atoms with Gasteiger partial charge in [0.15, 0.2) is 0 Å². The summed E-state index contributed by atoms with van der Waals surface area (Å²) in [4.78, 5) is 9.85. The highest BCUT2D eigenvalue weighted by atomic mass is 15.0. The van der Waals surface area contributed by atoms with E-state index in [1.165, 1.54) is 44.1 Å². The molecule has 1 aromatic heterocycles. The molecular weight excluding hydrogens is 330 g/mol. The highest BCUT2D eigenvalue weighted by Crippen LogP contribution is 2.32. The van der Waals surface area contributed by atoms with Gasteiger partial charge in [-0.2, -0.15) is 0 Å². The number of nitrogens with zero attached hydrogens (tertiary/aromatic N) is 2. The number of fused-ring (bicyclic) bond motifs is 1. The van der Waals surface area contributed by atoms with Crippen LogP contribution in [-0.4, -0.2) is 16.5 Å². The van der Waals surface area contributed by atoms with E-state index in [1.54, 1.807) is 0 Å². The highest BCUT2D eigenvalue weighted by Gasteiger charge is 2.19. The average molecular weight is 360 g/mol. The lowest BCUT2D eigenvalue weighted by atomic mass is 9.88. The van der Waals surface area contributed by atoms with Crippen molar-refractivity contribution in [2.45, 2.75) is 57.3 Å². The van der Waals surface area contributed by atoms with Crippen LogP contribution in [0.25, 0.3) is 10.9 Å². The van der Waals surface area contributed by atoms with E-state index in [1.807, 2.05) is 0 Å². The van der Waals surface area contributed by atoms with Crippen molar-refractivity contribution in [2.75, 3.05) is 11.9 Å². The van der Waals surface area contributed by atoms with Crippen LogP contribution in [0.5, 0.6) is 0 Å². The first kappa shape index (κ1) is 18.0.